The Hall–Kier alpha value is -2.73. The predicted octanol–water partition coefficient (Wildman–Crippen LogP) is 3.87. The van der Waals surface area contributed by atoms with Gasteiger partial charge in [-0.2, -0.15) is 0 Å². The number of carbonyl (C=O) groups excluding carboxylic acids is 1. The number of carbonyl (C=O) groups is 1. The maximum atomic E-state index is 13.2. The number of rotatable bonds is 5. The molecule has 1 unspecified atom stereocenters. The average molecular weight is 355 g/mol. The maximum Gasteiger partial charge on any atom is 0.252 e. The van der Waals surface area contributed by atoms with E-state index in [2.05, 4.69) is 10.3 Å². The Labute approximate surface area is 150 Å². The van der Waals surface area contributed by atoms with E-state index in [0.717, 1.165) is 10.4 Å². The Bertz CT molecular complexity index is 847. The number of aromatic nitrogens is 1. The smallest absolute Gasteiger partial charge is 0.252 e. The molecule has 0 aliphatic heterocycles. The minimum absolute atomic E-state index is 0.201. The summed E-state index contributed by atoms with van der Waals surface area (Å²) in [7, 11) is 3.74. The Morgan fingerprint density at radius 2 is 1.96 bits per heavy atom. The number of amides is 1. The van der Waals surface area contributed by atoms with Crippen molar-refractivity contribution in [3.63, 3.8) is 0 Å². The fraction of sp³-hybridized carbons (Fsp3) is 0.158. The molecule has 0 spiro atoms. The van der Waals surface area contributed by atoms with Crippen molar-refractivity contribution in [1.82, 2.24) is 10.3 Å². The Kier molecular flexibility index (Phi) is 5.09. The molecule has 1 aromatic carbocycles. The van der Waals surface area contributed by atoms with E-state index < -0.39 is 0 Å². The molecule has 128 valence electrons. The predicted molar refractivity (Wildman–Crippen MR) is 98.6 cm³/mol. The van der Waals surface area contributed by atoms with Crippen molar-refractivity contribution >= 4 is 23.1 Å². The first-order chi connectivity index (χ1) is 12.0. The van der Waals surface area contributed by atoms with Gasteiger partial charge in [0.1, 0.15) is 11.6 Å². The third-order valence-electron chi connectivity index (χ3n) is 3.77. The van der Waals surface area contributed by atoms with Gasteiger partial charge in [0.05, 0.1) is 6.04 Å². The third kappa shape index (κ3) is 4.03. The van der Waals surface area contributed by atoms with Crippen LogP contribution in [0.3, 0.4) is 0 Å². The van der Waals surface area contributed by atoms with Gasteiger partial charge in [0.25, 0.3) is 5.91 Å². The molecule has 0 fully saturated rings. The number of hydrogen-bond donors (Lipinski definition) is 1. The van der Waals surface area contributed by atoms with Crippen LogP contribution in [0, 0.1) is 5.82 Å². The van der Waals surface area contributed by atoms with Crippen LogP contribution in [0.4, 0.5) is 10.2 Å². The number of nitrogens with zero attached hydrogens (tertiary/aromatic N) is 2. The van der Waals surface area contributed by atoms with Crippen LogP contribution in [0.2, 0.25) is 0 Å². The Morgan fingerprint density at radius 3 is 2.60 bits per heavy atom. The molecule has 2 aromatic heterocycles. The van der Waals surface area contributed by atoms with Gasteiger partial charge in [-0.15, -0.1) is 11.3 Å². The van der Waals surface area contributed by atoms with E-state index in [1.54, 1.807) is 41.8 Å². The summed E-state index contributed by atoms with van der Waals surface area (Å²) in [6.07, 6.45) is 1.61. The lowest BCUT2D eigenvalue weighted by Crippen LogP contribution is -2.29. The summed E-state index contributed by atoms with van der Waals surface area (Å²) in [6, 6.07) is 13.2. The van der Waals surface area contributed by atoms with Gasteiger partial charge in [0.2, 0.25) is 0 Å². The molecule has 1 amide bonds. The van der Waals surface area contributed by atoms with Crippen LogP contribution in [-0.4, -0.2) is 25.0 Å². The number of anilines is 1. The number of halogens is 1. The van der Waals surface area contributed by atoms with Crippen LogP contribution in [0.15, 0.2) is 60.1 Å². The SMILES string of the molecule is CN(C)c1cc(C(=O)NC(c2ccc(F)cc2)c2cccs2)ccn1. The molecule has 2 heterocycles. The average Bonchev–Trinajstić information content (AvgIpc) is 3.15. The number of benzene rings is 1. The highest BCUT2D eigenvalue weighted by Gasteiger charge is 2.19. The fourth-order valence-corrected chi connectivity index (χ4v) is 3.25. The molecule has 3 rings (SSSR count). The zero-order chi connectivity index (χ0) is 17.8. The molecule has 0 saturated heterocycles. The van der Waals surface area contributed by atoms with Crippen LogP contribution < -0.4 is 10.2 Å². The van der Waals surface area contributed by atoms with E-state index in [9.17, 15) is 9.18 Å². The quantitative estimate of drug-likeness (QED) is 0.756. The molecule has 0 bridgehead atoms. The second-order valence-electron chi connectivity index (χ2n) is 5.77. The maximum absolute atomic E-state index is 13.2. The first kappa shape index (κ1) is 17.1. The minimum Gasteiger partial charge on any atom is -0.363 e. The van der Waals surface area contributed by atoms with Crippen molar-refractivity contribution in [3.05, 3.63) is 81.9 Å². The zero-order valence-electron chi connectivity index (χ0n) is 13.9. The summed E-state index contributed by atoms with van der Waals surface area (Å²) >= 11 is 1.55. The van der Waals surface area contributed by atoms with Gasteiger partial charge < -0.3 is 10.2 Å². The first-order valence-electron chi connectivity index (χ1n) is 7.77. The van der Waals surface area contributed by atoms with E-state index in [1.165, 1.54) is 12.1 Å². The van der Waals surface area contributed by atoms with Crippen molar-refractivity contribution in [2.24, 2.45) is 0 Å². The lowest BCUT2D eigenvalue weighted by Gasteiger charge is -2.19. The van der Waals surface area contributed by atoms with E-state index in [1.807, 2.05) is 36.5 Å². The summed E-state index contributed by atoms with van der Waals surface area (Å²) in [5, 5.41) is 4.99. The Balaban J connectivity index is 1.89. The Morgan fingerprint density at radius 1 is 1.20 bits per heavy atom. The molecule has 1 atom stereocenters. The monoisotopic (exact) mass is 355 g/mol. The highest BCUT2D eigenvalue weighted by Crippen LogP contribution is 2.26. The van der Waals surface area contributed by atoms with Crippen molar-refractivity contribution < 1.29 is 9.18 Å². The van der Waals surface area contributed by atoms with Crippen LogP contribution in [0.5, 0.6) is 0 Å². The van der Waals surface area contributed by atoms with Gasteiger partial charge in [-0.05, 0) is 41.3 Å². The lowest BCUT2D eigenvalue weighted by atomic mass is 10.0. The van der Waals surface area contributed by atoms with Crippen molar-refractivity contribution in [1.29, 1.82) is 0 Å². The van der Waals surface area contributed by atoms with Crippen molar-refractivity contribution in [3.8, 4) is 0 Å². The van der Waals surface area contributed by atoms with E-state index >= 15 is 0 Å². The zero-order valence-corrected chi connectivity index (χ0v) is 14.8. The van der Waals surface area contributed by atoms with Gasteiger partial charge in [-0.1, -0.05) is 18.2 Å². The van der Waals surface area contributed by atoms with Crippen LogP contribution >= 0.6 is 11.3 Å². The minimum atomic E-state index is -0.330. The molecule has 1 N–H and O–H groups in total. The highest BCUT2D eigenvalue weighted by atomic mass is 32.1. The normalized spacial score (nSPS) is 11.8. The second-order valence-corrected chi connectivity index (χ2v) is 6.75. The third-order valence-corrected chi connectivity index (χ3v) is 4.71. The molecule has 0 aliphatic rings. The van der Waals surface area contributed by atoms with Gasteiger partial charge in [0.15, 0.2) is 0 Å². The van der Waals surface area contributed by atoms with Gasteiger partial charge in [-0.25, -0.2) is 9.37 Å². The topological polar surface area (TPSA) is 45.2 Å². The largest absolute Gasteiger partial charge is 0.363 e. The van der Waals surface area contributed by atoms with Crippen molar-refractivity contribution in [2.45, 2.75) is 6.04 Å². The van der Waals surface area contributed by atoms with Gasteiger partial charge in [0, 0.05) is 30.7 Å². The highest BCUT2D eigenvalue weighted by molar-refractivity contribution is 7.10. The molecule has 0 aliphatic carbocycles. The molecular weight excluding hydrogens is 337 g/mol. The van der Waals surface area contributed by atoms with Crippen LogP contribution in [-0.2, 0) is 0 Å². The van der Waals surface area contributed by atoms with Gasteiger partial charge >= 0.3 is 0 Å². The molecule has 0 saturated carbocycles. The molecule has 3 aromatic rings. The lowest BCUT2D eigenvalue weighted by molar-refractivity contribution is 0.0943. The van der Waals surface area contributed by atoms with Crippen LogP contribution in [0.25, 0.3) is 0 Å². The molecule has 0 radical (unpaired) electrons. The fourth-order valence-electron chi connectivity index (χ4n) is 2.45. The molecule has 25 heavy (non-hydrogen) atoms. The van der Waals surface area contributed by atoms with E-state index in [0.29, 0.717) is 11.4 Å². The summed E-state index contributed by atoms with van der Waals surface area (Å²) in [5.41, 5.74) is 1.36. The van der Waals surface area contributed by atoms with E-state index in [-0.39, 0.29) is 17.8 Å². The first-order valence-corrected chi connectivity index (χ1v) is 8.65. The number of hydrogen-bond acceptors (Lipinski definition) is 4. The summed E-state index contributed by atoms with van der Waals surface area (Å²) in [6.45, 7) is 0. The van der Waals surface area contributed by atoms with Crippen LogP contribution in [0.1, 0.15) is 26.8 Å². The summed E-state index contributed by atoms with van der Waals surface area (Å²) in [4.78, 5) is 19.8. The molecular formula is C19H18FN3OS. The molecule has 4 nitrogen and oxygen atoms in total. The van der Waals surface area contributed by atoms with Crippen molar-refractivity contribution in [2.75, 3.05) is 19.0 Å². The number of thiophene rings is 1. The summed E-state index contributed by atoms with van der Waals surface area (Å²) < 4.78 is 13.2. The number of pyridine rings is 1. The van der Waals surface area contributed by atoms with E-state index in [4.69, 9.17) is 0 Å². The standard InChI is InChI=1S/C19H18FN3OS/c1-23(2)17-12-14(9-10-21-17)19(24)22-18(16-4-3-11-25-16)13-5-7-15(20)8-6-13/h3-12,18H,1-2H3,(H,22,24). The molecule has 6 heteroatoms. The van der Waals surface area contributed by atoms with Gasteiger partial charge in [-0.3, -0.25) is 4.79 Å². The number of nitrogens with one attached hydrogen (secondary N) is 1. The summed E-state index contributed by atoms with van der Waals surface area (Å²) in [5.74, 6) is 0.208. The second kappa shape index (κ2) is 7.44.